The number of carbonyl (C=O) groups excluding carboxylic acids is 1. The first-order chi connectivity index (χ1) is 14.5. The van der Waals surface area contributed by atoms with Crippen LogP contribution in [0.2, 0.25) is 0 Å². The Bertz CT molecular complexity index is 1130. The van der Waals surface area contributed by atoms with Crippen LogP contribution < -0.4 is 9.64 Å². The van der Waals surface area contributed by atoms with E-state index >= 15 is 0 Å². The molecule has 1 saturated heterocycles. The normalized spacial score (nSPS) is 15.2. The van der Waals surface area contributed by atoms with Crippen LogP contribution in [-0.4, -0.2) is 52.3 Å². The Morgan fingerprint density at radius 2 is 1.63 bits per heavy atom. The lowest BCUT2D eigenvalue weighted by molar-refractivity contribution is 0.110. The van der Waals surface area contributed by atoms with E-state index < -0.39 is 10.0 Å². The van der Waals surface area contributed by atoms with Crippen molar-refractivity contribution in [3.63, 3.8) is 0 Å². The molecule has 1 aliphatic rings. The van der Waals surface area contributed by atoms with Gasteiger partial charge in [0, 0.05) is 31.7 Å². The van der Waals surface area contributed by atoms with E-state index in [2.05, 4.69) is 4.90 Å². The summed E-state index contributed by atoms with van der Waals surface area (Å²) in [5, 5.41) is 0. The molecule has 7 nitrogen and oxygen atoms in total. The molecular formula is C22H22N2O5S. The maximum absolute atomic E-state index is 13.1. The first kappa shape index (κ1) is 20.2. The lowest BCUT2D eigenvalue weighted by Gasteiger charge is -2.35. The van der Waals surface area contributed by atoms with Gasteiger partial charge in [-0.1, -0.05) is 12.1 Å². The third-order valence-electron chi connectivity index (χ3n) is 5.18. The number of sulfonamides is 1. The molecule has 0 amide bonds. The van der Waals surface area contributed by atoms with Crippen LogP contribution in [0.5, 0.6) is 5.75 Å². The van der Waals surface area contributed by atoms with Crippen molar-refractivity contribution in [2.45, 2.75) is 4.90 Å². The molecule has 0 atom stereocenters. The number of piperazine rings is 1. The van der Waals surface area contributed by atoms with Crippen molar-refractivity contribution in [3.05, 3.63) is 66.4 Å². The number of furan rings is 1. The largest absolute Gasteiger partial charge is 0.495 e. The average molecular weight is 426 g/mol. The van der Waals surface area contributed by atoms with Crippen LogP contribution in [-0.2, 0) is 10.0 Å². The average Bonchev–Trinajstić information content (AvgIpc) is 3.28. The molecule has 30 heavy (non-hydrogen) atoms. The first-order valence-electron chi connectivity index (χ1n) is 9.56. The number of methoxy groups -OCH3 is 1. The Morgan fingerprint density at radius 1 is 0.933 bits per heavy atom. The van der Waals surface area contributed by atoms with Crippen molar-refractivity contribution in [1.29, 1.82) is 0 Å². The molecule has 3 aromatic rings. The van der Waals surface area contributed by atoms with Crippen molar-refractivity contribution in [1.82, 2.24) is 4.31 Å². The fourth-order valence-electron chi connectivity index (χ4n) is 3.57. The molecule has 2 aromatic carbocycles. The molecule has 2 heterocycles. The van der Waals surface area contributed by atoms with Crippen molar-refractivity contribution < 1.29 is 22.4 Å². The van der Waals surface area contributed by atoms with E-state index in [9.17, 15) is 13.2 Å². The van der Waals surface area contributed by atoms with Gasteiger partial charge in [0.25, 0.3) is 0 Å². The minimum Gasteiger partial charge on any atom is -0.495 e. The summed E-state index contributed by atoms with van der Waals surface area (Å²) in [5.74, 6) is 1.53. The lowest BCUT2D eigenvalue weighted by Crippen LogP contribution is -2.48. The van der Waals surface area contributed by atoms with E-state index in [1.807, 2.05) is 24.3 Å². The molecule has 1 fully saturated rings. The van der Waals surface area contributed by atoms with E-state index in [1.54, 1.807) is 43.5 Å². The topological polar surface area (TPSA) is 80.1 Å². The van der Waals surface area contributed by atoms with E-state index in [-0.39, 0.29) is 10.7 Å². The SMILES string of the molecule is COc1ccccc1N1CCN(S(=O)(=O)c2ccc(-c3ccc(C=O)o3)cc2)CC1. The molecule has 0 radical (unpaired) electrons. The molecule has 8 heteroatoms. The number of hydrogen-bond acceptors (Lipinski definition) is 6. The standard InChI is InChI=1S/C22H22N2O5S/c1-28-22-5-3-2-4-20(22)23-12-14-24(15-13-23)30(26,27)19-9-6-17(7-10-19)21-11-8-18(16-25)29-21/h2-11,16H,12-15H2,1H3. The highest BCUT2D eigenvalue weighted by Gasteiger charge is 2.29. The number of nitrogens with zero attached hydrogens (tertiary/aromatic N) is 2. The first-order valence-corrected chi connectivity index (χ1v) is 11.0. The van der Waals surface area contributed by atoms with Gasteiger partial charge in [-0.05, 0) is 48.5 Å². The van der Waals surface area contributed by atoms with Crippen LogP contribution >= 0.6 is 0 Å². The van der Waals surface area contributed by atoms with Crippen molar-refractivity contribution in [3.8, 4) is 17.1 Å². The quantitative estimate of drug-likeness (QED) is 0.563. The third-order valence-corrected chi connectivity index (χ3v) is 7.10. The molecule has 0 N–H and O–H groups in total. The summed E-state index contributed by atoms with van der Waals surface area (Å²) in [5.41, 5.74) is 1.68. The number of para-hydroxylation sites is 2. The minimum atomic E-state index is -3.59. The van der Waals surface area contributed by atoms with Gasteiger partial charge in [0.15, 0.2) is 12.0 Å². The lowest BCUT2D eigenvalue weighted by atomic mass is 10.2. The summed E-state index contributed by atoms with van der Waals surface area (Å²) in [4.78, 5) is 13.1. The summed E-state index contributed by atoms with van der Waals surface area (Å²) in [6, 6.07) is 17.5. The third kappa shape index (κ3) is 3.83. The molecule has 0 saturated carbocycles. The van der Waals surface area contributed by atoms with Crippen LogP contribution in [0.15, 0.2) is 70.0 Å². The molecule has 156 valence electrons. The Kier molecular flexibility index (Phi) is 5.61. The van der Waals surface area contributed by atoms with Gasteiger partial charge in [0.05, 0.1) is 17.7 Å². The Balaban J connectivity index is 1.47. The maximum Gasteiger partial charge on any atom is 0.243 e. The molecule has 0 bridgehead atoms. The van der Waals surface area contributed by atoms with E-state index in [1.165, 1.54) is 4.31 Å². The Labute approximate surface area is 175 Å². The van der Waals surface area contributed by atoms with Gasteiger partial charge < -0.3 is 14.1 Å². The second kappa shape index (κ2) is 8.33. The molecular weight excluding hydrogens is 404 g/mol. The van der Waals surface area contributed by atoms with Crippen molar-refractivity contribution in [2.75, 3.05) is 38.2 Å². The highest BCUT2D eigenvalue weighted by atomic mass is 32.2. The summed E-state index contributed by atoms with van der Waals surface area (Å²) >= 11 is 0. The van der Waals surface area contributed by atoms with Gasteiger partial charge in [-0.25, -0.2) is 8.42 Å². The summed E-state index contributed by atoms with van der Waals surface area (Å²) in [6.07, 6.45) is 0.632. The fraction of sp³-hybridized carbons (Fsp3) is 0.227. The molecule has 0 aliphatic carbocycles. The van der Waals surface area contributed by atoms with Gasteiger partial charge in [-0.3, -0.25) is 4.79 Å². The summed E-state index contributed by atoms with van der Waals surface area (Å²) in [7, 11) is -1.96. The second-order valence-electron chi connectivity index (χ2n) is 6.91. The smallest absolute Gasteiger partial charge is 0.243 e. The molecule has 4 rings (SSSR count). The van der Waals surface area contributed by atoms with Gasteiger partial charge in [-0.2, -0.15) is 4.31 Å². The zero-order valence-electron chi connectivity index (χ0n) is 16.5. The zero-order valence-corrected chi connectivity index (χ0v) is 17.3. The number of rotatable bonds is 6. The van der Waals surface area contributed by atoms with Crippen molar-refractivity contribution in [2.24, 2.45) is 0 Å². The number of hydrogen-bond donors (Lipinski definition) is 0. The fourth-order valence-corrected chi connectivity index (χ4v) is 4.99. The predicted octanol–water partition coefficient (Wildman–Crippen LogP) is 3.28. The predicted molar refractivity (Wildman–Crippen MR) is 113 cm³/mol. The number of benzene rings is 2. The second-order valence-corrected chi connectivity index (χ2v) is 8.85. The molecule has 0 spiro atoms. The van der Waals surface area contributed by atoms with Crippen LogP contribution in [0.3, 0.4) is 0 Å². The van der Waals surface area contributed by atoms with Crippen LogP contribution in [0.4, 0.5) is 5.69 Å². The van der Waals surface area contributed by atoms with E-state index in [4.69, 9.17) is 9.15 Å². The number of ether oxygens (including phenoxy) is 1. The summed E-state index contributed by atoms with van der Waals surface area (Å²) in [6.45, 7) is 1.95. The van der Waals surface area contributed by atoms with Gasteiger partial charge in [-0.15, -0.1) is 0 Å². The van der Waals surface area contributed by atoms with Gasteiger partial charge in [0.1, 0.15) is 11.5 Å². The zero-order chi connectivity index (χ0) is 21.1. The Hall–Kier alpha value is -3.10. The summed E-state index contributed by atoms with van der Waals surface area (Å²) < 4.78 is 38.4. The molecule has 1 aliphatic heterocycles. The van der Waals surface area contributed by atoms with E-state index in [0.717, 1.165) is 11.4 Å². The highest BCUT2D eigenvalue weighted by Crippen LogP contribution is 2.30. The maximum atomic E-state index is 13.1. The minimum absolute atomic E-state index is 0.231. The van der Waals surface area contributed by atoms with Crippen LogP contribution in [0.1, 0.15) is 10.6 Å². The van der Waals surface area contributed by atoms with Crippen molar-refractivity contribution >= 4 is 22.0 Å². The number of anilines is 1. The van der Waals surface area contributed by atoms with Gasteiger partial charge in [0.2, 0.25) is 10.0 Å². The Morgan fingerprint density at radius 3 is 2.27 bits per heavy atom. The number of carbonyl (C=O) groups is 1. The highest BCUT2D eigenvalue weighted by molar-refractivity contribution is 7.89. The van der Waals surface area contributed by atoms with Gasteiger partial charge >= 0.3 is 0 Å². The monoisotopic (exact) mass is 426 g/mol. The molecule has 1 aromatic heterocycles. The van der Waals surface area contributed by atoms with Crippen LogP contribution in [0.25, 0.3) is 11.3 Å². The number of aldehydes is 1. The van der Waals surface area contributed by atoms with E-state index in [0.29, 0.717) is 43.8 Å². The molecule has 0 unspecified atom stereocenters. The van der Waals surface area contributed by atoms with Crippen LogP contribution in [0, 0.1) is 0 Å².